The molecular formula is C21H21ClN2O2S. The molecule has 4 rings (SSSR count). The molecule has 0 bridgehead atoms. The van der Waals surface area contributed by atoms with Gasteiger partial charge >= 0.3 is 0 Å². The predicted molar refractivity (Wildman–Crippen MR) is 110 cm³/mol. The molecule has 0 aromatic heterocycles. The Hall–Kier alpha value is -1.98. The van der Waals surface area contributed by atoms with E-state index in [-0.39, 0.29) is 11.8 Å². The van der Waals surface area contributed by atoms with Crippen LogP contribution in [0.1, 0.15) is 30.0 Å². The molecular weight excluding hydrogens is 380 g/mol. The third-order valence-corrected chi connectivity index (χ3v) is 6.87. The number of carbonyl (C=O) groups is 2. The van der Waals surface area contributed by atoms with Gasteiger partial charge in [0.2, 0.25) is 5.91 Å². The van der Waals surface area contributed by atoms with Crippen molar-refractivity contribution in [2.45, 2.75) is 31.7 Å². The number of thioether (sulfide) groups is 1. The van der Waals surface area contributed by atoms with E-state index in [2.05, 4.69) is 0 Å². The number of hydrogen-bond acceptors (Lipinski definition) is 3. The van der Waals surface area contributed by atoms with Crippen LogP contribution in [0.5, 0.6) is 0 Å². The quantitative estimate of drug-likeness (QED) is 0.769. The third-order valence-electron chi connectivity index (χ3n) is 5.22. The monoisotopic (exact) mass is 400 g/mol. The summed E-state index contributed by atoms with van der Waals surface area (Å²) >= 11 is 7.81. The highest BCUT2D eigenvalue weighted by Crippen LogP contribution is 2.55. The molecule has 0 radical (unpaired) electrons. The van der Waals surface area contributed by atoms with Gasteiger partial charge in [-0.15, -0.1) is 11.8 Å². The predicted octanol–water partition coefficient (Wildman–Crippen LogP) is 4.33. The van der Waals surface area contributed by atoms with Crippen LogP contribution in [0, 0.1) is 6.92 Å². The molecule has 1 fully saturated rings. The van der Waals surface area contributed by atoms with Crippen LogP contribution in [-0.2, 0) is 21.0 Å². The maximum absolute atomic E-state index is 13.7. The Balaban J connectivity index is 1.81. The molecule has 6 heteroatoms. The first-order chi connectivity index (χ1) is 13.0. The van der Waals surface area contributed by atoms with Crippen LogP contribution in [0.3, 0.4) is 0 Å². The van der Waals surface area contributed by atoms with Gasteiger partial charge in [0.05, 0.1) is 12.2 Å². The molecule has 27 heavy (non-hydrogen) atoms. The van der Waals surface area contributed by atoms with Gasteiger partial charge in [-0.25, -0.2) is 0 Å². The number of amides is 2. The first-order valence-electron chi connectivity index (χ1n) is 9.09. The highest BCUT2D eigenvalue weighted by molar-refractivity contribution is 8.01. The van der Waals surface area contributed by atoms with Gasteiger partial charge in [0.1, 0.15) is 0 Å². The molecule has 2 aliphatic heterocycles. The molecule has 0 saturated carbocycles. The van der Waals surface area contributed by atoms with Crippen molar-refractivity contribution in [3.63, 3.8) is 0 Å². The number of nitrogens with zero attached hydrogens (tertiary/aromatic N) is 2. The van der Waals surface area contributed by atoms with E-state index < -0.39 is 4.87 Å². The molecule has 2 aromatic carbocycles. The number of hydrogen-bond donors (Lipinski definition) is 0. The summed E-state index contributed by atoms with van der Waals surface area (Å²) in [6.07, 6.45) is 0.378. The maximum Gasteiger partial charge on any atom is 0.268 e. The first kappa shape index (κ1) is 18.4. The van der Waals surface area contributed by atoms with Crippen LogP contribution in [-0.4, -0.2) is 29.0 Å². The summed E-state index contributed by atoms with van der Waals surface area (Å²) in [5.41, 5.74) is 3.91. The number of halogens is 1. The van der Waals surface area contributed by atoms with E-state index in [0.717, 1.165) is 22.6 Å². The average Bonchev–Trinajstić information content (AvgIpc) is 3.20. The number of rotatable bonds is 3. The minimum atomic E-state index is -0.988. The number of fused-ring (bicyclic) bond motifs is 2. The first-order valence-corrected chi connectivity index (χ1v) is 10.5. The standard InChI is InChI=1S/C21H21ClN2O2S/c1-3-19(25)24-10-11-27-21(24)17-12-16(22)8-9-18(17)23(20(21)26)13-15-6-4-14(2)5-7-15/h4-9,12H,3,10-11,13H2,1-2H3/t21-/m0/s1. The number of carbonyl (C=O) groups excluding carboxylic acids is 2. The van der Waals surface area contributed by atoms with E-state index in [0.29, 0.717) is 24.5 Å². The Labute approximate surface area is 168 Å². The number of benzene rings is 2. The van der Waals surface area contributed by atoms with Crippen molar-refractivity contribution in [2.24, 2.45) is 0 Å². The summed E-state index contributed by atoms with van der Waals surface area (Å²) in [6, 6.07) is 13.7. The SMILES string of the molecule is CCC(=O)N1CCS[C@@]12C(=O)N(Cc1ccc(C)cc1)c1ccc(Cl)cc12. The van der Waals surface area contributed by atoms with E-state index in [4.69, 9.17) is 11.6 Å². The van der Waals surface area contributed by atoms with Gasteiger partial charge in [-0.05, 0) is 30.7 Å². The molecule has 1 spiro atoms. The van der Waals surface area contributed by atoms with Crippen LogP contribution >= 0.6 is 23.4 Å². The molecule has 2 amide bonds. The van der Waals surface area contributed by atoms with Gasteiger partial charge in [-0.3, -0.25) is 9.59 Å². The molecule has 0 unspecified atom stereocenters. The molecule has 0 aliphatic carbocycles. The Bertz CT molecular complexity index is 915. The molecule has 4 nitrogen and oxygen atoms in total. The molecule has 2 aliphatic rings. The van der Waals surface area contributed by atoms with Crippen molar-refractivity contribution in [3.8, 4) is 0 Å². The zero-order chi connectivity index (χ0) is 19.2. The normalized spacial score (nSPS) is 21.2. The second-order valence-corrected chi connectivity index (χ2v) is 8.65. The van der Waals surface area contributed by atoms with Crippen molar-refractivity contribution in [1.29, 1.82) is 0 Å². The largest absolute Gasteiger partial charge is 0.315 e. The van der Waals surface area contributed by atoms with Gasteiger partial charge in [-0.2, -0.15) is 0 Å². The lowest BCUT2D eigenvalue weighted by molar-refractivity contribution is -0.139. The van der Waals surface area contributed by atoms with Crippen molar-refractivity contribution in [3.05, 3.63) is 64.2 Å². The topological polar surface area (TPSA) is 40.6 Å². The van der Waals surface area contributed by atoms with Gasteiger partial charge in [-0.1, -0.05) is 48.4 Å². The van der Waals surface area contributed by atoms with E-state index in [1.165, 1.54) is 17.3 Å². The lowest BCUT2D eigenvalue weighted by Crippen LogP contribution is -2.50. The summed E-state index contributed by atoms with van der Waals surface area (Å²) in [4.78, 5) is 28.8. The van der Waals surface area contributed by atoms with Crippen LogP contribution in [0.2, 0.25) is 5.02 Å². The van der Waals surface area contributed by atoms with Crippen molar-refractivity contribution in [1.82, 2.24) is 4.90 Å². The molecule has 2 heterocycles. The number of aryl methyl sites for hydroxylation is 1. The average molecular weight is 401 g/mol. The van der Waals surface area contributed by atoms with E-state index in [1.54, 1.807) is 15.9 Å². The van der Waals surface area contributed by atoms with Crippen LogP contribution in [0.15, 0.2) is 42.5 Å². The lowest BCUT2D eigenvalue weighted by atomic mass is 10.1. The fourth-order valence-corrected chi connectivity index (χ4v) is 5.51. The minimum Gasteiger partial charge on any atom is -0.315 e. The van der Waals surface area contributed by atoms with Crippen LogP contribution < -0.4 is 4.90 Å². The van der Waals surface area contributed by atoms with Gasteiger partial charge < -0.3 is 9.80 Å². The zero-order valence-corrected chi connectivity index (χ0v) is 16.9. The second-order valence-electron chi connectivity index (χ2n) is 6.93. The Morgan fingerprint density at radius 1 is 1.22 bits per heavy atom. The van der Waals surface area contributed by atoms with E-state index >= 15 is 0 Å². The summed E-state index contributed by atoms with van der Waals surface area (Å²) in [5.74, 6) is 0.683. The van der Waals surface area contributed by atoms with Crippen molar-refractivity contribution < 1.29 is 9.59 Å². The Morgan fingerprint density at radius 3 is 2.67 bits per heavy atom. The number of anilines is 1. The Morgan fingerprint density at radius 2 is 1.96 bits per heavy atom. The molecule has 1 atom stereocenters. The minimum absolute atomic E-state index is 0.00328. The summed E-state index contributed by atoms with van der Waals surface area (Å²) in [5, 5.41) is 0.578. The summed E-state index contributed by atoms with van der Waals surface area (Å²) in [7, 11) is 0. The van der Waals surface area contributed by atoms with Crippen LogP contribution in [0.25, 0.3) is 0 Å². The van der Waals surface area contributed by atoms with Crippen molar-refractivity contribution >= 4 is 40.9 Å². The Kier molecular flexibility index (Phi) is 4.68. The van der Waals surface area contributed by atoms with E-state index in [9.17, 15) is 9.59 Å². The summed E-state index contributed by atoms with van der Waals surface area (Å²) < 4.78 is 0. The highest BCUT2D eigenvalue weighted by Gasteiger charge is 2.59. The molecule has 1 saturated heterocycles. The fraction of sp³-hybridized carbons (Fsp3) is 0.333. The van der Waals surface area contributed by atoms with Crippen LogP contribution in [0.4, 0.5) is 5.69 Å². The smallest absolute Gasteiger partial charge is 0.268 e. The van der Waals surface area contributed by atoms with Gasteiger partial charge in [0, 0.05) is 29.3 Å². The third kappa shape index (κ3) is 2.84. The zero-order valence-electron chi connectivity index (χ0n) is 15.4. The molecule has 2 aromatic rings. The lowest BCUT2D eigenvalue weighted by Gasteiger charge is -2.33. The molecule has 140 valence electrons. The van der Waals surface area contributed by atoms with E-state index in [1.807, 2.05) is 50.2 Å². The second kappa shape index (κ2) is 6.88. The van der Waals surface area contributed by atoms with Gasteiger partial charge in [0.25, 0.3) is 5.91 Å². The molecule has 0 N–H and O–H groups in total. The van der Waals surface area contributed by atoms with Crippen molar-refractivity contribution in [2.75, 3.05) is 17.2 Å². The fourth-order valence-electron chi connectivity index (χ4n) is 3.87. The van der Waals surface area contributed by atoms with Gasteiger partial charge in [0.15, 0.2) is 4.87 Å². The highest BCUT2D eigenvalue weighted by atomic mass is 35.5. The maximum atomic E-state index is 13.7. The summed E-state index contributed by atoms with van der Waals surface area (Å²) in [6.45, 7) is 4.93.